The number of aromatic nitrogens is 1. The third-order valence-electron chi connectivity index (χ3n) is 3.84. The first kappa shape index (κ1) is 10.4. The van der Waals surface area contributed by atoms with Crippen molar-refractivity contribution in [3.05, 3.63) is 46.5 Å². The summed E-state index contributed by atoms with van der Waals surface area (Å²) in [5, 5.41) is 2.73. The highest BCUT2D eigenvalue weighted by molar-refractivity contribution is 6.11. The van der Waals surface area contributed by atoms with Crippen LogP contribution in [0, 0.1) is 27.7 Å². The Hall–Kier alpha value is -1.76. The van der Waals surface area contributed by atoms with E-state index >= 15 is 0 Å². The number of H-pyrrole nitrogens is 1. The van der Waals surface area contributed by atoms with Gasteiger partial charge in [0.05, 0.1) is 0 Å². The maximum Gasteiger partial charge on any atom is 0.0500 e. The van der Waals surface area contributed by atoms with Crippen LogP contribution in [0.2, 0.25) is 0 Å². The summed E-state index contributed by atoms with van der Waals surface area (Å²) in [6, 6.07) is 8.80. The lowest BCUT2D eigenvalue weighted by Crippen LogP contribution is -1.85. The number of aryl methyl sites for hydroxylation is 4. The van der Waals surface area contributed by atoms with Gasteiger partial charge in [0, 0.05) is 21.8 Å². The maximum absolute atomic E-state index is 3.60. The van der Waals surface area contributed by atoms with Gasteiger partial charge >= 0.3 is 0 Å². The lowest BCUT2D eigenvalue weighted by molar-refractivity contribution is 1.32. The second kappa shape index (κ2) is 3.36. The Morgan fingerprint density at radius 1 is 0.824 bits per heavy atom. The molecule has 0 fully saturated rings. The molecule has 86 valence electrons. The average molecular weight is 223 g/mol. The number of hydrogen-bond donors (Lipinski definition) is 1. The zero-order valence-electron chi connectivity index (χ0n) is 10.8. The average Bonchev–Trinajstić information content (AvgIpc) is 2.67. The minimum absolute atomic E-state index is 1.28. The monoisotopic (exact) mass is 223 g/mol. The summed E-state index contributed by atoms with van der Waals surface area (Å²) in [4.78, 5) is 3.60. The van der Waals surface area contributed by atoms with Crippen LogP contribution in [-0.2, 0) is 0 Å². The first-order valence-corrected chi connectivity index (χ1v) is 6.07. The van der Waals surface area contributed by atoms with Crippen molar-refractivity contribution in [2.75, 3.05) is 0 Å². The third-order valence-corrected chi connectivity index (χ3v) is 3.84. The largest absolute Gasteiger partial charge is 0.354 e. The Morgan fingerprint density at radius 2 is 1.59 bits per heavy atom. The second-order valence-electron chi connectivity index (χ2n) is 5.01. The second-order valence-corrected chi connectivity index (χ2v) is 5.01. The van der Waals surface area contributed by atoms with Crippen molar-refractivity contribution in [2.24, 2.45) is 0 Å². The fraction of sp³-hybridized carbons (Fsp3) is 0.250. The summed E-state index contributed by atoms with van der Waals surface area (Å²) < 4.78 is 0. The summed E-state index contributed by atoms with van der Waals surface area (Å²) in [6.07, 6.45) is 0. The van der Waals surface area contributed by atoms with Crippen LogP contribution in [0.25, 0.3) is 21.8 Å². The van der Waals surface area contributed by atoms with Crippen LogP contribution >= 0.6 is 0 Å². The van der Waals surface area contributed by atoms with E-state index in [2.05, 4.69) is 56.9 Å². The van der Waals surface area contributed by atoms with Gasteiger partial charge in [-0.2, -0.15) is 0 Å². The van der Waals surface area contributed by atoms with Gasteiger partial charge in [0.15, 0.2) is 0 Å². The molecule has 1 nitrogen and oxygen atoms in total. The van der Waals surface area contributed by atoms with Gasteiger partial charge in [0.25, 0.3) is 0 Å². The van der Waals surface area contributed by atoms with Crippen LogP contribution < -0.4 is 0 Å². The van der Waals surface area contributed by atoms with Gasteiger partial charge in [-0.3, -0.25) is 0 Å². The topological polar surface area (TPSA) is 15.8 Å². The van der Waals surface area contributed by atoms with Gasteiger partial charge in [-0.1, -0.05) is 24.3 Å². The van der Waals surface area contributed by atoms with Gasteiger partial charge in [-0.25, -0.2) is 0 Å². The maximum atomic E-state index is 3.60. The van der Waals surface area contributed by atoms with E-state index in [-0.39, 0.29) is 0 Å². The zero-order chi connectivity index (χ0) is 12.2. The predicted octanol–water partition coefficient (Wildman–Crippen LogP) is 4.55. The van der Waals surface area contributed by atoms with Crippen molar-refractivity contribution >= 4 is 21.8 Å². The number of aromatic amines is 1. The van der Waals surface area contributed by atoms with Crippen LogP contribution in [0.1, 0.15) is 22.3 Å². The van der Waals surface area contributed by atoms with Crippen LogP contribution in [0.5, 0.6) is 0 Å². The van der Waals surface area contributed by atoms with E-state index in [0.29, 0.717) is 0 Å². The Balaban J connectivity index is 2.65. The molecule has 1 heterocycles. The minimum Gasteiger partial charge on any atom is -0.354 e. The van der Waals surface area contributed by atoms with Crippen LogP contribution in [0.4, 0.5) is 0 Å². The molecule has 2 aromatic carbocycles. The van der Waals surface area contributed by atoms with Crippen LogP contribution in [-0.4, -0.2) is 4.98 Å². The molecule has 3 rings (SSSR count). The Labute approximate surface area is 101 Å². The number of fused-ring (bicyclic) bond motifs is 3. The van der Waals surface area contributed by atoms with E-state index in [1.165, 1.54) is 44.1 Å². The molecular weight excluding hydrogens is 206 g/mol. The molecule has 1 heteroatoms. The minimum atomic E-state index is 1.28. The van der Waals surface area contributed by atoms with E-state index in [9.17, 15) is 0 Å². The summed E-state index contributed by atoms with van der Waals surface area (Å²) in [6.45, 7) is 8.74. The molecule has 3 aromatic rings. The van der Waals surface area contributed by atoms with Gasteiger partial charge in [0.1, 0.15) is 0 Å². The number of rotatable bonds is 0. The van der Waals surface area contributed by atoms with Gasteiger partial charge in [-0.15, -0.1) is 0 Å². The van der Waals surface area contributed by atoms with E-state index in [1.807, 2.05) is 0 Å². The van der Waals surface area contributed by atoms with E-state index in [1.54, 1.807) is 0 Å². The molecular formula is C16H17N. The quantitative estimate of drug-likeness (QED) is 0.575. The van der Waals surface area contributed by atoms with Crippen molar-refractivity contribution in [3.8, 4) is 0 Å². The predicted molar refractivity (Wildman–Crippen MR) is 74.8 cm³/mol. The number of hydrogen-bond acceptors (Lipinski definition) is 0. The van der Waals surface area contributed by atoms with Crippen molar-refractivity contribution in [3.63, 3.8) is 0 Å². The molecule has 0 aliphatic rings. The normalized spacial score (nSPS) is 11.5. The smallest absolute Gasteiger partial charge is 0.0500 e. The first-order chi connectivity index (χ1) is 8.09. The van der Waals surface area contributed by atoms with Gasteiger partial charge in [0.2, 0.25) is 0 Å². The third kappa shape index (κ3) is 1.32. The molecule has 0 aliphatic carbocycles. The molecule has 0 saturated carbocycles. The fourth-order valence-electron chi connectivity index (χ4n) is 2.76. The molecule has 0 spiro atoms. The van der Waals surface area contributed by atoms with Gasteiger partial charge in [-0.05, 0) is 49.9 Å². The number of para-hydroxylation sites is 1. The molecule has 0 amide bonds. The highest BCUT2D eigenvalue weighted by Crippen LogP contribution is 2.33. The summed E-state index contributed by atoms with van der Waals surface area (Å²) >= 11 is 0. The molecule has 0 aliphatic heterocycles. The molecule has 0 saturated heterocycles. The van der Waals surface area contributed by atoms with E-state index in [4.69, 9.17) is 0 Å². The first-order valence-electron chi connectivity index (χ1n) is 6.07. The Kier molecular flexibility index (Phi) is 2.06. The number of nitrogens with one attached hydrogen (secondary N) is 1. The van der Waals surface area contributed by atoms with E-state index in [0.717, 1.165) is 0 Å². The molecule has 17 heavy (non-hydrogen) atoms. The summed E-state index contributed by atoms with van der Waals surface area (Å²) in [5.74, 6) is 0. The Bertz CT molecular complexity index is 732. The zero-order valence-corrected chi connectivity index (χ0v) is 10.8. The summed E-state index contributed by atoms with van der Waals surface area (Å²) in [7, 11) is 0. The van der Waals surface area contributed by atoms with Crippen molar-refractivity contribution in [1.82, 2.24) is 4.98 Å². The van der Waals surface area contributed by atoms with Crippen molar-refractivity contribution in [1.29, 1.82) is 0 Å². The summed E-state index contributed by atoms with van der Waals surface area (Å²) in [5.41, 5.74) is 7.97. The molecule has 0 unspecified atom stereocenters. The molecule has 0 atom stereocenters. The number of benzene rings is 2. The van der Waals surface area contributed by atoms with Crippen molar-refractivity contribution in [2.45, 2.75) is 27.7 Å². The molecule has 0 bridgehead atoms. The van der Waals surface area contributed by atoms with Crippen LogP contribution in [0.15, 0.2) is 24.3 Å². The molecule has 0 radical (unpaired) electrons. The molecule has 1 N–H and O–H groups in total. The fourth-order valence-corrected chi connectivity index (χ4v) is 2.76. The lowest BCUT2D eigenvalue weighted by Gasteiger charge is -2.05. The Morgan fingerprint density at radius 3 is 2.35 bits per heavy atom. The SMILES string of the molecule is Cc1cc(C)c2c([nH]c3c(C)cccc32)c1C. The van der Waals surface area contributed by atoms with E-state index < -0.39 is 0 Å². The van der Waals surface area contributed by atoms with Gasteiger partial charge < -0.3 is 4.98 Å². The lowest BCUT2D eigenvalue weighted by atomic mass is 10.00. The highest BCUT2D eigenvalue weighted by Gasteiger charge is 2.11. The standard InChI is InChI=1S/C16H17N/c1-9-6-5-7-13-14-11(3)8-10(2)12(4)16(14)17-15(9)13/h5-8,17H,1-4H3. The van der Waals surface area contributed by atoms with Crippen molar-refractivity contribution < 1.29 is 0 Å². The highest BCUT2D eigenvalue weighted by atomic mass is 14.7. The molecule has 1 aromatic heterocycles. The van der Waals surface area contributed by atoms with Crippen LogP contribution in [0.3, 0.4) is 0 Å².